The van der Waals surface area contributed by atoms with Gasteiger partial charge in [-0.15, -0.1) is 10.2 Å². The average Bonchev–Trinajstić information content (AvgIpc) is 2.91. The van der Waals surface area contributed by atoms with Gasteiger partial charge in [-0.3, -0.25) is 4.79 Å². The van der Waals surface area contributed by atoms with Gasteiger partial charge in [0.15, 0.2) is 0 Å². The first kappa shape index (κ1) is 15.1. The second-order valence-corrected chi connectivity index (χ2v) is 5.95. The lowest BCUT2D eigenvalue weighted by atomic mass is 9.85. The van der Waals surface area contributed by atoms with Crippen molar-refractivity contribution in [1.82, 2.24) is 25.9 Å². The molecule has 7 nitrogen and oxygen atoms in total. The zero-order valence-electron chi connectivity index (χ0n) is 12.5. The van der Waals surface area contributed by atoms with Crippen LogP contribution in [0.3, 0.4) is 0 Å². The molecule has 1 amide bonds. The maximum Gasteiger partial charge on any atom is 0.251 e. The highest BCUT2D eigenvalue weighted by Gasteiger charge is 2.36. The topological polar surface area (TPSA) is 104 Å². The van der Waals surface area contributed by atoms with Crippen LogP contribution >= 0.6 is 0 Å². The molecule has 1 aromatic heterocycles. The van der Waals surface area contributed by atoms with Crippen molar-refractivity contribution in [2.75, 3.05) is 0 Å². The summed E-state index contributed by atoms with van der Waals surface area (Å²) in [5.41, 5.74) is -0.660. The van der Waals surface area contributed by atoms with Crippen LogP contribution in [0.15, 0.2) is 24.3 Å². The zero-order chi connectivity index (χ0) is 15.7. The highest BCUT2D eigenvalue weighted by atomic mass is 16.3. The van der Waals surface area contributed by atoms with E-state index >= 15 is 0 Å². The molecule has 2 rings (SSSR count). The van der Waals surface area contributed by atoms with Gasteiger partial charge in [0.25, 0.3) is 5.91 Å². The van der Waals surface area contributed by atoms with Crippen LogP contribution in [0.2, 0.25) is 0 Å². The minimum absolute atomic E-state index is 0.271. The summed E-state index contributed by atoms with van der Waals surface area (Å²) >= 11 is 0. The van der Waals surface area contributed by atoms with Gasteiger partial charge in [0, 0.05) is 11.1 Å². The number of amides is 1. The van der Waals surface area contributed by atoms with Crippen molar-refractivity contribution in [2.24, 2.45) is 0 Å². The molecule has 1 heterocycles. The Hall–Kier alpha value is -2.28. The van der Waals surface area contributed by atoms with Crippen LogP contribution in [0.5, 0.6) is 0 Å². The third kappa shape index (κ3) is 3.25. The summed E-state index contributed by atoms with van der Waals surface area (Å²) in [6.07, 6.45) is 0. The third-order valence-corrected chi connectivity index (χ3v) is 3.68. The predicted octanol–water partition coefficient (Wildman–Crippen LogP) is 1.15. The molecule has 112 valence electrons. The second-order valence-electron chi connectivity index (χ2n) is 5.95. The maximum atomic E-state index is 12.3. The van der Waals surface area contributed by atoms with E-state index in [4.69, 9.17) is 0 Å². The fourth-order valence-electron chi connectivity index (χ4n) is 1.59. The average molecular weight is 289 g/mol. The smallest absolute Gasteiger partial charge is 0.251 e. The summed E-state index contributed by atoms with van der Waals surface area (Å²) in [6.45, 7) is 6.86. The van der Waals surface area contributed by atoms with Crippen molar-refractivity contribution < 1.29 is 9.90 Å². The van der Waals surface area contributed by atoms with Gasteiger partial charge >= 0.3 is 0 Å². The van der Waals surface area contributed by atoms with Gasteiger partial charge in [0.1, 0.15) is 0 Å². The molecule has 3 N–H and O–H groups in total. The van der Waals surface area contributed by atoms with Crippen molar-refractivity contribution in [3.8, 4) is 11.4 Å². The molecule has 0 aliphatic carbocycles. The second kappa shape index (κ2) is 5.25. The molecule has 0 fully saturated rings. The van der Waals surface area contributed by atoms with Gasteiger partial charge in [-0.2, -0.15) is 5.21 Å². The summed E-state index contributed by atoms with van der Waals surface area (Å²) in [5, 5.41) is 26.6. The van der Waals surface area contributed by atoms with Gasteiger partial charge < -0.3 is 10.4 Å². The number of carbonyl (C=O) groups is 1. The molecular weight excluding hydrogens is 270 g/mol. The van der Waals surface area contributed by atoms with E-state index < -0.39 is 11.1 Å². The van der Waals surface area contributed by atoms with Gasteiger partial charge in [-0.25, -0.2) is 0 Å². The first-order chi connectivity index (χ1) is 9.71. The Morgan fingerprint density at radius 1 is 1.29 bits per heavy atom. The van der Waals surface area contributed by atoms with Gasteiger partial charge in [0.05, 0.1) is 11.1 Å². The molecule has 0 unspecified atom stereocenters. The summed E-state index contributed by atoms with van der Waals surface area (Å²) in [5.74, 6) is 0.152. The monoisotopic (exact) mass is 289 g/mol. The van der Waals surface area contributed by atoms with Crippen LogP contribution in [0.25, 0.3) is 11.4 Å². The Morgan fingerprint density at radius 3 is 2.57 bits per heavy atom. The molecule has 1 aromatic carbocycles. The van der Waals surface area contributed by atoms with Gasteiger partial charge in [0.2, 0.25) is 5.82 Å². The molecule has 0 saturated carbocycles. The van der Waals surface area contributed by atoms with Crippen LogP contribution in [-0.2, 0) is 0 Å². The molecule has 0 saturated heterocycles. The van der Waals surface area contributed by atoms with Gasteiger partial charge in [-0.05, 0) is 45.0 Å². The van der Waals surface area contributed by atoms with Crippen molar-refractivity contribution >= 4 is 5.91 Å². The van der Waals surface area contributed by atoms with Crippen LogP contribution in [-0.4, -0.2) is 42.8 Å². The number of rotatable bonds is 4. The predicted molar refractivity (Wildman–Crippen MR) is 77.5 cm³/mol. The molecular formula is C14H19N5O2. The van der Waals surface area contributed by atoms with Gasteiger partial charge in [-0.1, -0.05) is 12.1 Å². The standard InChI is InChI=1S/C14H19N5O2/c1-13(2,14(3,4)21)15-12(20)10-7-5-6-9(8-10)11-16-18-19-17-11/h5-8,21H,1-4H3,(H,15,20)(H,16,17,18,19). The van der Waals surface area contributed by atoms with Crippen LogP contribution < -0.4 is 5.32 Å². The van der Waals surface area contributed by atoms with E-state index in [1.54, 1.807) is 52.0 Å². The molecule has 0 atom stereocenters. The molecule has 0 aliphatic rings. The Balaban J connectivity index is 2.23. The number of benzene rings is 1. The number of nitrogens with zero attached hydrogens (tertiary/aromatic N) is 3. The molecule has 0 aliphatic heterocycles. The number of hydrogen-bond donors (Lipinski definition) is 3. The number of aliphatic hydroxyl groups is 1. The third-order valence-electron chi connectivity index (χ3n) is 3.68. The quantitative estimate of drug-likeness (QED) is 0.783. The molecule has 2 aromatic rings. The SMILES string of the molecule is CC(C)(O)C(C)(C)NC(=O)c1cccc(-c2nn[nH]n2)c1. The molecule has 0 spiro atoms. The van der Waals surface area contributed by atoms with Crippen molar-refractivity contribution in [3.05, 3.63) is 29.8 Å². The van der Waals surface area contributed by atoms with Crippen LogP contribution in [0.4, 0.5) is 0 Å². The van der Waals surface area contributed by atoms with E-state index in [0.29, 0.717) is 17.0 Å². The fourth-order valence-corrected chi connectivity index (χ4v) is 1.59. The number of aromatic nitrogens is 4. The lowest BCUT2D eigenvalue weighted by Gasteiger charge is -2.38. The summed E-state index contributed by atoms with van der Waals surface area (Å²) in [6, 6.07) is 6.92. The largest absolute Gasteiger partial charge is 0.388 e. The Labute approximate surface area is 122 Å². The Kier molecular flexibility index (Phi) is 3.78. The van der Waals surface area contributed by atoms with E-state index in [9.17, 15) is 9.90 Å². The lowest BCUT2D eigenvalue weighted by molar-refractivity contribution is -0.00292. The Bertz CT molecular complexity index is 629. The number of hydrogen-bond acceptors (Lipinski definition) is 5. The van der Waals surface area contributed by atoms with E-state index in [0.717, 1.165) is 0 Å². The number of nitrogens with one attached hydrogen (secondary N) is 2. The van der Waals surface area contributed by atoms with Crippen molar-refractivity contribution in [3.63, 3.8) is 0 Å². The summed E-state index contributed by atoms with van der Waals surface area (Å²) in [4.78, 5) is 12.3. The maximum absolute atomic E-state index is 12.3. The molecule has 7 heteroatoms. The summed E-state index contributed by atoms with van der Waals surface area (Å²) in [7, 11) is 0. The number of tetrazole rings is 1. The molecule has 21 heavy (non-hydrogen) atoms. The first-order valence-electron chi connectivity index (χ1n) is 6.59. The number of aromatic amines is 1. The molecule has 0 bridgehead atoms. The first-order valence-corrected chi connectivity index (χ1v) is 6.59. The lowest BCUT2D eigenvalue weighted by Crippen LogP contribution is -2.57. The normalized spacial score (nSPS) is 12.2. The van der Waals surface area contributed by atoms with Crippen molar-refractivity contribution in [1.29, 1.82) is 0 Å². The summed E-state index contributed by atoms with van der Waals surface area (Å²) < 4.78 is 0. The highest BCUT2D eigenvalue weighted by Crippen LogP contribution is 2.22. The minimum atomic E-state index is -1.05. The van der Waals surface area contributed by atoms with E-state index in [-0.39, 0.29) is 5.91 Å². The van der Waals surface area contributed by atoms with E-state index in [1.165, 1.54) is 0 Å². The fraction of sp³-hybridized carbons (Fsp3) is 0.429. The van der Waals surface area contributed by atoms with E-state index in [1.807, 2.05) is 0 Å². The Morgan fingerprint density at radius 2 is 2.00 bits per heavy atom. The van der Waals surface area contributed by atoms with E-state index in [2.05, 4.69) is 25.9 Å². The number of H-pyrrole nitrogens is 1. The minimum Gasteiger partial charge on any atom is -0.388 e. The zero-order valence-corrected chi connectivity index (χ0v) is 12.5. The molecule has 0 radical (unpaired) electrons. The number of carbonyl (C=O) groups excluding carboxylic acids is 1. The van der Waals surface area contributed by atoms with Crippen LogP contribution in [0.1, 0.15) is 38.1 Å². The van der Waals surface area contributed by atoms with Crippen LogP contribution in [0, 0.1) is 0 Å². The highest BCUT2D eigenvalue weighted by molar-refractivity contribution is 5.95. The van der Waals surface area contributed by atoms with Crippen molar-refractivity contribution in [2.45, 2.75) is 38.8 Å².